The second-order valence-electron chi connectivity index (χ2n) is 7.53. The lowest BCUT2D eigenvalue weighted by atomic mass is 9.68. The maximum Gasteiger partial charge on any atom is 0.218 e. The van der Waals surface area contributed by atoms with E-state index in [9.17, 15) is 0 Å². The molecule has 0 aliphatic carbocycles. The molecule has 1 aliphatic heterocycles. The van der Waals surface area contributed by atoms with Crippen molar-refractivity contribution in [2.24, 2.45) is 0 Å². The number of nitrogens with zero attached hydrogens (tertiary/aromatic N) is 1. The molecule has 0 N–H and O–H groups in total. The van der Waals surface area contributed by atoms with Gasteiger partial charge in [0.2, 0.25) is 5.69 Å². The van der Waals surface area contributed by atoms with Crippen molar-refractivity contribution < 1.29 is 4.57 Å². The average molecular weight is 335 g/mol. The molecule has 0 unspecified atom stereocenters. The van der Waals surface area contributed by atoms with Crippen LogP contribution in [0.2, 0.25) is 0 Å². The highest BCUT2D eigenvalue weighted by molar-refractivity contribution is 5.73. The summed E-state index contributed by atoms with van der Waals surface area (Å²) < 4.78 is 2.33. The second kappa shape index (κ2) is 7.15. The molecule has 0 bridgehead atoms. The number of aryl methyl sites for hydroxylation is 2. The molecule has 1 aliphatic rings. The van der Waals surface area contributed by atoms with Crippen LogP contribution in [0.1, 0.15) is 69.6 Å². The molecular formula is C24H32N+. The lowest BCUT2D eigenvalue weighted by Crippen LogP contribution is -2.48. The highest BCUT2D eigenvalue weighted by atomic mass is 15.0. The third-order valence-electron chi connectivity index (χ3n) is 6.11. The number of rotatable bonds is 6. The van der Waals surface area contributed by atoms with Crippen molar-refractivity contribution in [3.63, 3.8) is 0 Å². The third-order valence-corrected chi connectivity index (χ3v) is 6.11. The number of aromatic nitrogens is 1. The van der Waals surface area contributed by atoms with Gasteiger partial charge in [-0.05, 0) is 61.9 Å². The summed E-state index contributed by atoms with van der Waals surface area (Å²) in [6, 6.07) is 11.7. The van der Waals surface area contributed by atoms with Gasteiger partial charge in [-0.1, -0.05) is 45.7 Å². The van der Waals surface area contributed by atoms with Crippen LogP contribution in [0.25, 0.3) is 17.0 Å². The Morgan fingerprint density at radius 1 is 1.00 bits per heavy atom. The van der Waals surface area contributed by atoms with Crippen molar-refractivity contribution >= 4 is 5.70 Å². The van der Waals surface area contributed by atoms with Gasteiger partial charge in [-0.25, -0.2) is 0 Å². The van der Waals surface area contributed by atoms with Crippen molar-refractivity contribution in [1.29, 1.82) is 0 Å². The standard InChI is InChI=1S/C24H32N/c1-6-9-10-11-20-12-13-22-21(17-20)23-16-18(4)14-15-25(23)19(5)24(22,7-2)8-3/h12-17H,5-11H2,1-4H3/q+1. The van der Waals surface area contributed by atoms with Crippen LogP contribution in [0.4, 0.5) is 0 Å². The molecule has 0 spiro atoms. The highest BCUT2D eigenvalue weighted by Gasteiger charge is 2.45. The lowest BCUT2D eigenvalue weighted by Gasteiger charge is -2.36. The van der Waals surface area contributed by atoms with E-state index in [2.05, 4.69) is 75.4 Å². The summed E-state index contributed by atoms with van der Waals surface area (Å²) in [5.41, 5.74) is 8.22. The molecule has 3 rings (SSSR count). The SMILES string of the molecule is C=C1[n+]2ccc(C)cc2-c2cc(CCCCC)ccc2C1(CC)CC. The van der Waals surface area contributed by atoms with Crippen molar-refractivity contribution in [1.82, 2.24) is 0 Å². The molecule has 1 aromatic carbocycles. The van der Waals surface area contributed by atoms with Crippen LogP contribution in [-0.4, -0.2) is 0 Å². The van der Waals surface area contributed by atoms with Gasteiger partial charge >= 0.3 is 0 Å². The summed E-state index contributed by atoms with van der Waals surface area (Å²) in [6.07, 6.45) is 9.43. The van der Waals surface area contributed by atoms with Crippen molar-refractivity contribution in [2.45, 2.75) is 71.6 Å². The zero-order valence-electron chi connectivity index (χ0n) is 16.4. The van der Waals surface area contributed by atoms with Crippen LogP contribution in [0.15, 0.2) is 43.1 Å². The second-order valence-corrected chi connectivity index (χ2v) is 7.53. The van der Waals surface area contributed by atoms with Crippen molar-refractivity contribution in [3.8, 4) is 11.3 Å². The molecule has 1 heteroatoms. The number of pyridine rings is 1. The van der Waals surface area contributed by atoms with Crippen LogP contribution in [0.3, 0.4) is 0 Å². The summed E-state index contributed by atoms with van der Waals surface area (Å²) in [7, 11) is 0. The van der Waals surface area contributed by atoms with Gasteiger partial charge in [0.1, 0.15) is 0 Å². The molecule has 2 heterocycles. The molecule has 0 saturated heterocycles. The molecule has 0 atom stereocenters. The normalized spacial score (nSPS) is 15.0. The van der Waals surface area contributed by atoms with Crippen LogP contribution in [0, 0.1) is 6.92 Å². The largest absolute Gasteiger partial charge is 0.218 e. The molecule has 25 heavy (non-hydrogen) atoms. The van der Waals surface area contributed by atoms with Gasteiger partial charge in [-0.15, -0.1) is 0 Å². The van der Waals surface area contributed by atoms with E-state index < -0.39 is 0 Å². The lowest BCUT2D eigenvalue weighted by molar-refractivity contribution is -0.577. The van der Waals surface area contributed by atoms with Gasteiger partial charge < -0.3 is 0 Å². The minimum absolute atomic E-state index is 0.0458. The smallest absolute Gasteiger partial charge is 0.164 e. The first-order chi connectivity index (χ1) is 12.1. The predicted octanol–water partition coefficient (Wildman–Crippen LogP) is 6.22. The zero-order valence-corrected chi connectivity index (χ0v) is 16.4. The summed E-state index contributed by atoms with van der Waals surface area (Å²) in [5, 5.41) is 0. The fourth-order valence-electron chi connectivity index (χ4n) is 4.43. The Kier molecular flexibility index (Phi) is 5.13. The Labute approximate surface area is 153 Å². The summed E-state index contributed by atoms with van der Waals surface area (Å²) in [5.74, 6) is 0. The van der Waals surface area contributed by atoms with Crippen LogP contribution in [-0.2, 0) is 11.8 Å². The number of hydrogen-bond donors (Lipinski definition) is 0. The van der Waals surface area contributed by atoms with Gasteiger partial charge in [0.25, 0.3) is 0 Å². The van der Waals surface area contributed by atoms with E-state index in [0.717, 1.165) is 12.8 Å². The third kappa shape index (κ3) is 2.94. The number of hydrogen-bond acceptors (Lipinski definition) is 0. The molecule has 0 saturated carbocycles. The fraction of sp³-hybridized carbons (Fsp3) is 0.458. The minimum atomic E-state index is 0.0458. The average Bonchev–Trinajstić information content (AvgIpc) is 2.63. The fourth-order valence-corrected chi connectivity index (χ4v) is 4.43. The maximum atomic E-state index is 4.53. The number of unbranched alkanes of at least 4 members (excludes halogenated alkanes) is 2. The van der Waals surface area contributed by atoms with Gasteiger partial charge in [-0.2, -0.15) is 4.57 Å². The van der Waals surface area contributed by atoms with Crippen molar-refractivity contribution in [2.75, 3.05) is 0 Å². The summed E-state index contributed by atoms with van der Waals surface area (Å²) in [4.78, 5) is 0. The highest BCUT2D eigenvalue weighted by Crippen LogP contribution is 2.46. The Morgan fingerprint density at radius 3 is 2.44 bits per heavy atom. The Bertz CT molecular complexity index is 781. The molecule has 1 nitrogen and oxygen atoms in total. The molecule has 0 amide bonds. The maximum absolute atomic E-state index is 4.53. The van der Waals surface area contributed by atoms with E-state index in [1.807, 2.05) is 0 Å². The number of allylic oxidation sites excluding steroid dienone is 1. The monoisotopic (exact) mass is 334 g/mol. The van der Waals surface area contributed by atoms with E-state index in [-0.39, 0.29) is 5.41 Å². The van der Waals surface area contributed by atoms with Crippen molar-refractivity contribution in [3.05, 3.63) is 59.8 Å². The summed E-state index contributed by atoms with van der Waals surface area (Å²) >= 11 is 0. The molecule has 132 valence electrons. The van der Waals surface area contributed by atoms with E-state index in [0.29, 0.717) is 0 Å². The predicted molar refractivity (Wildman–Crippen MR) is 108 cm³/mol. The Hall–Kier alpha value is -1.89. The van der Waals surface area contributed by atoms with Gasteiger partial charge in [0.05, 0.1) is 11.0 Å². The first-order valence-corrected chi connectivity index (χ1v) is 9.93. The topological polar surface area (TPSA) is 3.88 Å². The van der Waals surface area contributed by atoms with E-state index in [4.69, 9.17) is 0 Å². The molecule has 1 aromatic heterocycles. The van der Waals surface area contributed by atoms with Crippen LogP contribution in [0.5, 0.6) is 0 Å². The molecule has 0 radical (unpaired) electrons. The summed E-state index contributed by atoms with van der Waals surface area (Å²) in [6.45, 7) is 13.6. The number of fused-ring (bicyclic) bond motifs is 3. The van der Waals surface area contributed by atoms with E-state index >= 15 is 0 Å². The molecule has 0 fully saturated rings. The van der Waals surface area contributed by atoms with E-state index in [1.165, 1.54) is 59.3 Å². The first kappa shape index (κ1) is 17.9. The van der Waals surface area contributed by atoms with Gasteiger partial charge in [0.15, 0.2) is 11.9 Å². The number of benzene rings is 1. The Morgan fingerprint density at radius 2 is 1.76 bits per heavy atom. The van der Waals surface area contributed by atoms with Gasteiger partial charge in [0, 0.05) is 12.1 Å². The molecule has 2 aromatic rings. The minimum Gasteiger partial charge on any atom is -0.164 e. The Balaban J connectivity index is 2.17. The van der Waals surface area contributed by atoms with Crippen LogP contribution < -0.4 is 4.57 Å². The van der Waals surface area contributed by atoms with Gasteiger partial charge in [-0.3, -0.25) is 0 Å². The van der Waals surface area contributed by atoms with Crippen LogP contribution >= 0.6 is 0 Å². The molecular weight excluding hydrogens is 302 g/mol. The first-order valence-electron chi connectivity index (χ1n) is 9.93. The quantitative estimate of drug-likeness (QED) is 0.436. The zero-order chi connectivity index (χ0) is 18.0. The van der Waals surface area contributed by atoms with E-state index in [1.54, 1.807) is 0 Å².